The third-order valence-electron chi connectivity index (χ3n) is 4.27. The van der Waals surface area contributed by atoms with Crippen LogP contribution in [0.2, 0.25) is 0 Å². The quantitative estimate of drug-likeness (QED) is 0.594. The van der Waals surface area contributed by atoms with E-state index in [9.17, 15) is 9.59 Å². The maximum Gasteiger partial charge on any atom is 0.243 e. The highest BCUT2D eigenvalue weighted by Crippen LogP contribution is 2.22. The minimum Gasteiger partial charge on any atom is -0.358 e. The molecule has 134 valence electrons. The summed E-state index contributed by atoms with van der Waals surface area (Å²) >= 11 is 3.39. The van der Waals surface area contributed by atoms with Gasteiger partial charge in [0.2, 0.25) is 11.8 Å². The molecule has 3 aromatic rings. The zero-order valence-corrected chi connectivity index (χ0v) is 16.2. The molecular formula is C20H20BrN3O2. The average Bonchev–Trinajstić information content (AvgIpc) is 2.91. The zero-order valence-electron chi connectivity index (χ0n) is 14.7. The van der Waals surface area contributed by atoms with Gasteiger partial charge in [-0.2, -0.15) is 0 Å². The first kappa shape index (κ1) is 18.2. The van der Waals surface area contributed by atoms with Gasteiger partial charge in [0, 0.05) is 26.8 Å². The Morgan fingerprint density at radius 2 is 1.85 bits per heavy atom. The second-order valence-electron chi connectivity index (χ2n) is 6.24. The fourth-order valence-corrected chi connectivity index (χ4v) is 3.40. The van der Waals surface area contributed by atoms with Gasteiger partial charge in [0.15, 0.2) is 0 Å². The lowest BCUT2D eigenvalue weighted by molar-refractivity contribution is -0.123. The van der Waals surface area contributed by atoms with Gasteiger partial charge in [-0.1, -0.05) is 34.1 Å². The topological polar surface area (TPSA) is 74.0 Å². The number of anilines is 1. The number of benzene rings is 2. The van der Waals surface area contributed by atoms with Crippen LogP contribution in [-0.2, 0) is 16.0 Å². The summed E-state index contributed by atoms with van der Waals surface area (Å²) in [5.41, 5.74) is 4.63. The number of rotatable bonds is 5. The Balaban J connectivity index is 1.58. The zero-order chi connectivity index (χ0) is 18.7. The number of para-hydroxylation sites is 1. The summed E-state index contributed by atoms with van der Waals surface area (Å²) < 4.78 is 0.954. The van der Waals surface area contributed by atoms with Crippen molar-refractivity contribution in [3.8, 4) is 0 Å². The number of carbonyl (C=O) groups excluding carboxylic acids is 2. The van der Waals surface area contributed by atoms with Gasteiger partial charge in [0.05, 0.1) is 13.0 Å². The molecule has 6 heteroatoms. The van der Waals surface area contributed by atoms with Crippen LogP contribution < -0.4 is 10.6 Å². The van der Waals surface area contributed by atoms with Gasteiger partial charge in [-0.15, -0.1) is 0 Å². The van der Waals surface area contributed by atoms with Crippen molar-refractivity contribution in [1.29, 1.82) is 0 Å². The number of fused-ring (bicyclic) bond motifs is 1. The van der Waals surface area contributed by atoms with Crippen molar-refractivity contribution in [3.05, 3.63) is 63.8 Å². The third-order valence-corrected chi connectivity index (χ3v) is 4.77. The van der Waals surface area contributed by atoms with Crippen molar-refractivity contribution in [3.63, 3.8) is 0 Å². The van der Waals surface area contributed by atoms with E-state index in [4.69, 9.17) is 0 Å². The Morgan fingerprint density at radius 3 is 2.62 bits per heavy atom. The number of aromatic amines is 1. The highest BCUT2D eigenvalue weighted by molar-refractivity contribution is 9.10. The molecule has 26 heavy (non-hydrogen) atoms. The van der Waals surface area contributed by atoms with Crippen LogP contribution in [0.3, 0.4) is 0 Å². The molecule has 1 aromatic heterocycles. The van der Waals surface area contributed by atoms with Crippen molar-refractivity contribution in [1.82, 2.24) is 10.3 Å². The second-order valence-corrected chi connectivity index (χ2v) is 7.15. The van der Waals surface area contributed by atoms with Gasteiger partial charge in [0.1, 0.15) is 0 Å². The highest BCUT2D eigenvalue weighted by Gasteiger charge is 2.13. The number of aryl methyl sites for hydroxylation is 2. The Hall–Kier alpha value is -2.60. The van der Waals surface area contributed by atoms with E-state index in [2.05, 4.69) is 31.5 Å². The Kier molecular flexibility index (Phi) is 5.42. The van der Waals surface area contributed by atoms with Crippen LogP contribution in [0.1, 0.15) is 16.8 Å². The molecule has 0 radical (unpaired) electrons. The SMILES string of the molecule is Cc1cc(Br)ccc1NC(=O)CNC(=O)Cc1c(C)[nH]c2ccccc12. The number of amides is 2. The Labute approximate surface area is 160 Å². The fourth-order valence-electron chi connectivity index (χ4n) is 2.93. The van der Waals surface area contributed by atoms with Crippen LogP contribution >= 0.6 is 15.9 Å². The second kappa shape index (κ2) is 7.74. The lowest BCUT2D eigenvalue weighted by Gasteiger charge is -2.10. The molecule has 0 aliphatic rings. The van der Waals surface area contributed by atoms with Crippen LogP contribution in [0.5, 0.6) is 0 Å². The molecule has 5 nitrogen and oxygen atoms in total. The number of aromatic nitrogens is 1. The minimum absolute atomic E-state index is 0.0598. The minimum atomic E-state index is -0.251. The van der Waals surface area contributed by atoms with Gasteiger partial charge in [-0.05, 0) is 49.2 Å². The van der Waals surface area contributed by atoms with E-state index in [1.165, 1.54) is 0 Å². The molecule has 0 bridgehead atoms. The van der Waals surface area contributed by atoms with Crippen molar-refractivity contribution >= 4 is 44.3 Å². The summed E-state index contributed by atoms with van der Waals surface area (Å²) in [4.78, 5) is 27.6. The molecular weight excluding hydrogens is 394 g/mol. The van der Waals surface area contributed by atoms with Crippen LogP contribution in [-0.4, -0.2) is 23.3 Å². The van der Waals surface area contributed by atoms with Crippen molar-refractivity contribution in [2.75, 3.05) is 11.9 Å². The average molecular weight is 414 g/mol. The Bertz CT molecular complexity index is 978. The predicted octanol–water partition coefficient (Wildman–Crippen LogP) is 3.84. The van der Waals surface area contributed by atoms with Crippen LogP contribution in [0.4, 0.5) is 5.69 Å². The van der Waals surface area contributed by atoms with Crippen molar-refractivity contribution in [2.24, 2.45) is 0 Å². The number of hydrogen-bond acceptors (Lipinski definition) is 2. The molecule has 3 N–H and O–H groups in total. The van der Waals surface area contributed by atoms with Gasteiger partial charge in [-0.25, -0.2) is 0 Å². The summed E-state index contributed by atoms with van der Waals surface area (Å²) in [7, 11) is 0. The van der Waals surface area contributed by atoms with Crippen LogP contribution in [0.15, 0.2) is 46.9 Å². The maximum absolute atomic E-state index is 12.3. The molecule has 0 spiro atoms. The van der Waals surface area contributed by atoms with E-state index in [1.54, 1.807) is 0 Å². The molecule has 1 heterocycles. The summed E-state index contributed by atoms with van der Waals surface area (Å²) in [6.07, 6.45) is 0.237. The molecule has 3 rings (SSSR count). The van der Waals surface area contributed by atoms with E-state index >= 15 is 0 Å². The number of halogens is 1. The molecule has 0 atom stereocenters. The number of nitrogens with one attached hydrogen (secondary N) is 3. The monoisotopic (exact) mass is 413 g/mol. The highest BCUT2D eigenvalue weighted by atomic mass is 79.9. The van der Waals surface area contributed by atoms with Crippen LogP contribution in [0, 0.1) is 13.8 Å². The molecule has 0 aliphatic heterocycles. The fraction of sp³-hybridized carbons (Fsp3) is 0.200. The Morgan fingerprint density at radius 1 is 1.08 bits per heavy atom. The van der Waals surface area contributed by atoms with Crippen molar-refractivity contribution in [2.45, 2.75) is 20.3 Å². The lowest BCUT2D eigenvalue weighted by Crippen LogP contribution is -2.34. The first-order chi connectivity index (χ1) is 12.4. The van der Waals surface area contributed by atoms with E-state index < -0.39 is 0 Å². The van der Waals surface area contributed by atoms with Crippen molar-refractivity contribution < 1.29 is 9.59 Å². The summed E-state index contributed by atoms with van der Waals surface area (Å²) in [6.45, 7) is 3.81. The van der Waals surface area contributed by atoms with Gasteiger partial charge >= 0.3 is 0 Å². The number of H-pyrrole nitrogens is 1. The van der Waals surface area contributed by atoms with Gasteiger partial charge in [-0.3, -0.25) is 9.59 Å². The molecule has 0 saturated carbocycles. The molecule has 0 aliphatic carbocycles. The van der Waals surface area contributed by atoms with Gasteiger partial charge < -0.3 is 15.6 Å². The largest absolute Gasteiger partial charge is 0.358 e. The standard InChI is InChI=1S/C20H20BrN3O2/c1-12-9-14(21)7-8-17(12)24-20(26)11-22-19(25)10-16-13(2)23-18-6-4-3-5-15(16)18/h3-9,23H,10-11H2,1-2H3,(H,22,25)(H,24,26). The summed E-state index contributed by atoms with van der Waals surface area (Å²) in [5.74, 6) is -0.431. The number of carbonyl (C=O) groups is 2. The molecule has 0 fully saturated rings. The van der Waals surface area contributed by atoms with E-state index in [-0.39, 0.29) is 24.8 Å². The van der Waals surface area contributed by atoms with E-state index in [0.717, 1.165) is 37.9 Å². The molecule has 0 unspecified atom stereocenters. The molecule has 0 saturated heterocycles. The van der Waals surface area contributed by atoms with Crippen LogP contribution in [0.25, 0.3) is 10.9 Å². The van der Waals surface area contributed by atoms with E-state index in [1.807, 2.05) is 56.3 Å². The third kappa shape index (κ3) is 4.14. The van der Waals surface area contributed by atoms with E-state index in [0.29, 0.717) is 0 Å². The first-order valence-electron chi connectivity index (χ1n) is 8.33. The van der Waals surface area contributed by atoms with Gasteiger partial charge in [0.25, 0.3) is 0 Å². The lowest BCUT2D eigenvalue weighted by atomic mass is 10.1. The predicted molar refractivity (Wildman–Crippen MR) is 107 cm³/mol. The normalized spacial score (nSPS) is 10.7. The maximum atomic E-state index is 12.3. The first-order valence-corrected chi connectivity index (χ1v) is 9.12. The summed E-state index contributed by atoms with van der Waals surface area (Å²) in [5, 5.41) is 6.54. The molecule has 2 aromatic carbocycles. The summed E-state index contributed by atoms with van der Waals surface area (Å²) in [6, 6.07) is 13.5. The smallest absolute Gasteiger partial charge is 0.243 e. The molecule has 2 amide bonds. The number of hydrogen-bond donors (Lipinski definition) is 3.